The Morgan fingerprint density at radius 1 is 0.945 bits per heavy atom. The number of aliphatic hydroxyl groups excluding tert-OH is 1. The normalized spacial score (nSPS) is 24.6. The van der Waals surface area contributed by atoms with Crippen molar-refractivity contribution in [2.75, 3.05) is 61.4 Å². The Labute approximate surface area is 318 Å². The van der Waals surface area contributed by atoms with Gasteiger partial charge in [-0.1, -0.05) is 19.1 Å². The number of aromatic nitrogens is 2. The van der Waals surface area contributed by atoms with Gasteiger partial charge in [0.05, 0.1) is 17.3 Å². The van der Waals surface area contributed by atoms with E-state index in [2.05, 4.69) is 49.4 Å². The van der Waals surface area contributed by atoms with Gasteiger partial charge in [0.2, 0.25) is 11.8 Å². The van der Waals surface area contributed by atoms with Crippen LogP contribution in [-0.2, 0) is 15.0 Å². The number of hydrogen-bond donors (Lipinski definition) is 4. The molecule has 8 rings (SSSR count). The zero-order chi connectivity index (χ0) is 38.6. The molecule has 0 spiro atoms. The van der Waals surface area contributed by atoms with Crippen LogP contribution in [-0.4, -0.2) is 124 Å². The van der Waals surface area contributed by atoms with E-state index in [4.69, 9.17) is 10.7 Å². The number of rotatable bonds is 8. The number of anilines is 4. The summed E-state index contributed by atoms with van der Waals surface area (Å²) >= 11 is 0. The fourth-order valence-corrected chi connectivity index (χ4v) is 8.66. The number of imide groups is 2. The molecular weight excluding hydrogens is 704 g/mol. The lowest BCUT2D eigenvalue weighted by Crippen LogP contribution is -2.54. The van der Waals surface area contributed by atoms with Crippen LogP contribution in [0.2, 0.25) is 0 Å². The lowest BCUT2D eigenvalue weighted by Gasteiger charge is -2.41. The smallest absolute Gasteiger partial charge is 0.271 e. The molecule has 3 aromatic rings. The van der Waals surface area contributed by atoms with E-state index in [0.29, 0.717) is 12.4 Å². The molecule has 0 bridgehead atoms. The standard InChI is InChI=1S/C39H46N10O6/c1-39(13-16-46(17-14-39)25-9-10-27-28(20-25)37(54)49(36(27)53)29-11-12-31(50)44-35(29)52)23-5-7-24(8-6-23)42-34-32(33(40)51)41-21-30(43-34)47-15-3-4-26(22-47)48-19-18-45(2)38(48)55/h5-10,20-21,26,29,38,55H,3-4,11-19,22H2,1-2H3,(H2,40,51)(H,42,43)(H,44,50,52)/t26-,29?,38?/m1/s1. The van der Waals surface area contributed by atoms with Crippen molar-refractivity contribution in [3.63, 3.8) is 0 Å². The molecule has 5 aliphatic rings. The Balaban J connectivity index is 0.921. The van der Waals surface area contributed by atoms with Crippen molar-refractivity contribution in [1.82, 2.24) is 30.0 Å². The summed E-state index contributed by atoms with van der Waals surface area (Å²) in [5, 5.41) is 16.2. The summed E-state index contributed by atoms with van der Waals surface area (Å²) in [5.74, 6) is -1.81. The molecule has 0 aliphatic carbocycles. The molecular formula is C39H46N10O6. The van der Waals surface area contributed by atoms with Gasteiger partial charge in [0.25, 0.3) is 17.7 Å². The third-order valence-corrected chi connectivity index (χ3v) is 12.1. The van der Waals surface area contributed by atoms with Gasteiger partial charge in [-0.05, 0) is 80.5 Å². The second kappa shape index (κ2) is 14.3. The number of carbonyl (C=O) groups excluding carboxylic acids is 5. The summed E-state index contributed by atoms with van der Waals surface area (Å²) in [5.41, 5.74) is 8.91. The maximum Gasteiger partial charge on any atom is 0.271 e. The third kappa shape index (κ3) is 6.78. The summed E-state index contributed by atoms with van der Waals surface area (Å²) < 4.78 is 0. The second-order valence-electron chi connectivity index (χ2n) is 15.5. The molecule has 1 aromatic heterocycles. The van der Waals surface area contributed by atoms with Crippen molar-refractivity contribution in [3.8, 4) is 0 Å². The van der Waals surface area contributed by atoms with Gasteiger partial charge in [-0.3, -0.25) is 44.0 Å². The number of nitrogens with two attached hydrogens (primary N) is 1. The van der Waals surface area contributed by atoms with Crippen molar-refractivity contribution in [2.24, 2.45) is 5.73 Å². The molecule has 2 unspecified atom stereocenters. The first kappa shape index (κ1) is 36.5. The topological polar surface area (TPSA) is 198 Å². The van der Waals surface area contributed by atoms with E-state index in [9.17, 15) is 29.1 Å². The van der Waals surface area contributed by atoms with Crippen LogP contribution < -0.4 is 26.2 Å². The maximum absolute atomic E-state index is 13.4. The molecule has 2 aromatic carbocycles. The number of nitrogens with zero attached hydrogens (tertiary/aromatic N) is 7. The number of nitrogens with one attached hydrogen (secondary N) is 2. The van der Waals surface area contributed by atoms with Crippen LogP contribution >= 0.6 is 0 Å². The van der Waals surface area contributed by atoms with Gasteiger partial charge in [0, 0.05) is 63.1 Å². The number of hydrogen-bond acceptors (Lipinski definition) is 13. The number of fused-ring (bicyclic) bond motifs is 1. The predicted octanol–water partition coefficient (Wildman–Crippen LogP) is 1.77. The van der Waals surface area contributed by atoms with E-state index in [1.807, 2.05) is 30.1 Å². The fourth-order valence-electron chi connectivity index (χ4n) is 8.66. The Bertz CT molecular complexity index is 2050. The van der Waals surface area contributed by atoms with E-state index >= 15 is 0 Å². The largest absolute Gasteiger partial charge is 0.371 e. The van der Waals surface area contributed by atoms with Crippen molar-refractivity contribution in [1.29, 1.82) is 0 Å². The Kier molecular flexibility index (Phi) is 9.51. The molecule has 5 aliphatic heterocycles. The van der Waals surface area contributed by atoms with Gasteiger partial charge in [-0.25, -0.2) is 9.97 Å². The van der Waals surface area contributed by atoms with Gasteiger partial charge in [0.15, 0.2) is 17.9 Å². The van der Waals surface area contributed by atoms with Crippen LogP contribution in [0.3, 0.4) is 0 Å². The number of likely N-dealkylation sites (N-methyl/N-ethyl adjacent to an activating group) is 1. The van der Waals surface area contributed by atoms with Gasteiger partial charge < -0.3 is 26.0 Å². The van der Waals surface area contributed by atoms with Crippen molar-refractivity contribution in [3.05, 3.63) is 71.0 Å². The predicted molar refractivity (Wildman–Crippen MR) is 203 cm³/mol. The number of carbonyl (C=O) groups is 5. The zero-order valence-electron chi connectivity index (χ0n) is 31.0. The molecule has 0 radical (unpaired) electrons. The average Bonchev–Trinajstić information content (AvgIpc) is 3.64. The number of aliphatic hydroxyl groups is 1. The molecule has 6 heterocycles. The maximum atomic E-state index is 13.4. The molecule has 16 heteroatoms. The van der Waals surface area contributed by atoms with E-state index in [-0.39, 0.29) is 46.9 Å². The van der Waals surface area contributed by atoms with E-state index in [1.165, 1.54) is 0 Å². The van der Waals surface area contributed by atoms with Crippen LogP contribution in [0.4, 0.5) is 23.0 Å². The van der Waals surface area contributed by atoms with E-state index < -0.39 is 41.9 Å². The Hall–Kier alpha value is -5.45. The number of amides is 5. The van der Waals surface area contributed by atoms with Crippen LogP contribution in [0.15, 0.2) is 48.7 Å². The molecule has 4 saturated heterocycles. The molecule has 288 valence electrons. The third-order valence-electron chi connectivity index (χ3n) is 12.1. The highest BCUT2D eigenvalue weighted by Crippen LogP contribution is 2.39. The summed E-state index contributed by atoms with van der Waals surface area (Å²) in [6.45, 7) is 6.78. The number of primary amides is 1. The summed E-state index contributed by atoms with van der Waals surface area (Å²) in [6, 6.07) is 12.5. The van der Waals surface area contributed by atoms with Gasteiger partial charge in [0.1, 0.15) is 11.9 Å². The highest BCUT2D eigenvalue weighted by Gasteiger charge is 2.45. The quantitative estimate of drug-likeness (QED) is 0.244. The van der Waals surface area contributed by atoms with Gasteiger partial charge in [-0.2, -0.15) is 0 Å². The van der Waals surface area contributed by atoms with Crippen LogP contribution in [0, 0.1) is 0 Å². The van der Waals surface area contributed by atoms with E-state index in [0.717, 1.165) is 80.2 Å². The molecule has 5 N–H and O–H groups in total. The molecule has 16 nitrogen and oxygen atoms in total. The lowest BCUT2D eigenvalue weighted by atomic mass is 9.74. The fraction of sp³-hybridized carbons (Fsp3) is 0.462. The van der Waals surface area contributed by atoms with Gasteiger partial charge >= 0.3 is 0 Å². The average molecular weight is 751 g/mol. The summed E-state index contributed by atoms with van der Waals surface area (Å²) in [6.07, 6.45) is 4.78. The van der Waals surface area contributed by atoms with Gasteiger partial charge in [-0.15, -0.1) is 0 Å². The number of piperidine rings is 3. The summed E-state index contributed by atoms with van der Waals surface area (Å²) in [7, 11) is 1.92. The minimum atomic E-state index is -0.999. The number of benzene rings is 2. The molecule has 5 amide bonds. The Morgan fingerprint density at radius 2 is 1.69 bits per heavy atom. The second-order valence-corrected chi connectivity index (χ2v) is 15.5. The molecule has 55 heavy (non-hydrogen) atoms. The highest BCUT2D eigenvalue weighted by molar-refractivity contribution is 6.23. The minimum Gasteiger partial charge on any atom is -0.371 e. The van der Waals surface area contributed by atoms with Crippen LogP contribution in [0.25, 0.3) is 0 Å². The minimum absolute atomic E-state index is 0.0543. The van der Waals surface area contributed by atoms with Crippen molar-refractivity contribution < 1.29 is 29.1 Å². The highest BCUT2D eigenvalue weighted by atomic mass is 16.3. The van der Waals surface area contributed by atoms with Crippen molar-refractivity contribution in [2.45, 2.75) is 69.3 Å². The first-order chi connectivity index (χ1) is 26.4. The Morgan fingerprint density at radius 3 is 2.38 bits per heavy atom. The van der Waals surface area contributed by atoms with E-state index in [1.54, 1.807) is 18.3 Å². The lowest BCUT2D eigenvalue weighted by molar-refractivity contribution is -0.136. The first-order valence-electron chi connectivity index (χ1n) is 18.9. The molecule has 4 fully saturated rings. The van der Waals surface area contributed by atoms with Crippen LogP contribution in [0.1, 0.15) is 82.2 Å². The molecule has 3 atom stereocenters. The van der Waals surface area contributed by atoms with Crippen LogP contribution in [0.5, 0.6) is 0 Å². The first-order valence-corrected chi connectivity index (χ1v) is 18.9. The summed E-state index contributed by atoms with van der Waals surface area (Å²) in [4.78, 5) is 81.7. The van der Waals surface area contributed by atoms with Crippen molar-refractivity contribution >= 4 is 52.5 Å². The SMILES string of the molecule is CN1CCN([C@@H]2CCCN(c3cnc(C(N)=O)c(Nc4ccc(C5(C)CCN(c6ccc7c(c6)C(=O)N(C6CCC(=O)NC6=O)C7=O)CC5)cc4)n3)C2)C1O. The molecule has 0 saturated carbocycles. The monoisotopic (exact) mass is 750 g/mol. The zero-order valence-corrected chi connectivity index (χ0v) is 31.0.